The number of hydrogen-bond donors (Lipinski definition) is 3. The number of nitrogens with one attached hydrogen (secondary N) is 1. The maximum absolute atomic E-state index is 11.6. The standard InChI is InChI=1S/C15H27NO6/c1-4-6-11(17)16-13-9(3)22-10(14(19)15(13)20)8-21-12(18)7-5-2/h9-10,13-15,19-20H,4-8H2,1-3H3,(H,16,17)/t9?,10-,13+,14-,15-/m1/s1. The second-order valence-electron chi connectivity index (χ2n) is 5.64. The first kappa shape index (κ1) is 18.9. The van der Waals surface area contributed by atoms with E-state index in [1.165, 1.54) is 0 Å². The Morgan fingerprint density at radius 1 is 1.14 bits per heavy atom. The molecule has 22 heavy (non-hydrogen) atoms. The lowest BCUT2D eigenvalue weighted by Gasteiger charge is -2.41. The summed E-state index contributed by atoms with van der Waals surface area (Å²) in [5, 5.41) is 22.9. The maximum atomic E-state index is 11.6. The van der Waals surface area contributed by atoms with Crippen molar-refractivity contribution in [2.45, 2.75) is 76.9 Å². The number of ether oxygens (including phenoxy) is 2. The fourth-order valence-electron chi connectivity index (χ4n) is 2.43. The van der Waals surface area contributed by atoms with E-state index in [4.69, 9.17) is 9.47 Å². The minimum atomic E-state index is -1.22. The molecule has 5 atom stereocenters. The van der Waals surface area contributed by atoms with Crippen molar-refractivity contribution in [1.29, 1.82) is 0 Å². The van der Waals surface area contributed by atoms with Gasteiger partial charge in [-0.2, -0.15) is 0 Å². The Hall–Kier alpha value is -1.18. The molecule has 1 fully saturated rings. The molecule has 1 saturated heterocycles. The smallest absolute Gasteiger partial charge is 0.305 e. The number of hydrogen-bond acceptors (Lipinski definition) is 6. The highest BCUT2D eigenvalue weighted by atomic mass is 16.6. The average Bonchev–Trinajstić information content (AvgIpc) is 2.46. The number of esters is 1. The minimum absolute atomic E-state index is 0.114. The van der Waals surface area contributed by atoms with Gasteiger partial charge in [0, 0.05) is 12.8 Å². The van der Waals surface area contributed by atoms with E-state index in [0.717, 1.165) is 0 Å². The minimum Gasteiger partial charge on any atom is -0.463 e. The van der Waals surface area contributed by atoms with Gasteiger partial charge in [-0.15, -0.1) is 0 Å². The summed E-state index contributed by atoms with van der Waals surface area (Å²) in [4.78, 5) is 23.0. The Labute approximate surface area is 131 Å². The Bertz CT molecular complexity index is 373. The number of carbonyl (C=O) groups excluding carboxylic acids is 2. The van der Waals surface area contributed by atoms with E-state index in [1.54, 1.807) is 6.92 Å². The van der Waals surface area contributed by atoms with Crippen molar-refractivity contribution in [3.05, 3.63) is 0 Å². The van der Waals surface area contributed by atoms with Crippen LogP contribution >= 0.6 is 0 Å². The third kappa shape index (κ3) is 5.23. The lowest BCUT2D eigenvalue weighted by molar-refractivity contribution is -0.198. The molecule has 0 aliphatic carbocycles. The first-order chi connectivity index (χ1) is 10.4. The molecular formula is C15H27NO6. The van der Waals surface area contributed by atoms with E-state index in [9.17, 15) is 19.8 Å². The van der Waals surface area contributed by atoms with E-state index in [-0.39, 0.29) is 18.5 Å². The van der Waals surface area contributed by atoms with Crippen LogP contribution in [-0.4, -0.2) is 59.2 Å². The van der Waals surface area contributed by atoms with Crippen LogP contribution in [0.25, 0.3) is 0 Å². The molecule has 0 saturated carbocycles. The second-order valence-corrected chi connectivity index (χ2v) is 5.64. The van der Waals surface area contributed by atoms with E-state index in [1.807, 2.05) is 13.8 Å². The molecule has 7 nitrogen and oxygen atoms in total. The van der Waals surface area contributed by atoms with Crippen LogP contribution in [0, 0.1) is 0 Å². The molecule has 0 spiro atoms. The molecule has 1 rings (SSSR count). The van der Waals surface area contributed by atoms with Crippen LogP contribution in [0.15, 0.2) is 0 Å². The van der Waals surface area contributed by atoms with Crippen LogP contribution in [0.3, 0.4) is 0 Å². The molecule has 0 aromatic carbocycles. The fourth-order valence-corrected chi connectivity index (χ4v) is 2.43. The third-order valence-corrected chi connectivity index (χ3v) is 3.66. The summed E-state index contributed by atoms with van der Waals surface area (Å²) in [5.74, 6) is -0.555. The van der Waals surface area contributed by atoms with E-state index < -0.39 is 30.5 Å². The number of amides is 1. The second kappa shape index (κ2) is 9.07. The van der Waals surface area contributed by atoms with Gasteiger partial charge in [-0.25, -0.2) is 0 Å². The largest absolute Gasteiger partial charge is 0.463 e. The van der Waals surface area contributed by atoms with Gasteiger partial charge in [0.15, 0.2) is 0 Å². The SMILES string of the molecule is CCCC(=O)N[C@H]1C(C)O[C@H](COC(=O)CCC)[C@@H](O)[C@@H]1O. The van der Waals surface area contributed by atoms with Crippen LogP contribution in [0.2, 0.25) is 0 Å². The molecule has 3 N–H and O–H groups in total. The first-order valence-electron chi connectivity index (χ1n) is 7.87. The zero-order chi connectivity index (χ0) is 16.7. The van der Waals surface area contributed by atoms with Crippen molar-refractivity contribution in [1.82, 2.24) is 5.32 Å². The summed E-state index contributed by atoms with van der Waals surface area (Å²) in [5.41, 5.74) is 0. The summed E-state index contributed by atoms with van der Waals surface area (Å²) < 4.78 is 10.6. The van der Waals surface area contributed by atoms with Crippen LogP contribution in [0.5, 0.6) is 0 Å². The predicted octanol–water partition coefficient (Wildman–Crippen LogP) is 0.124. The molecule has 1 aliphatic rings. The number of rotatable bonds is 7. The molecule has 1 aliphatic heterocycles. The average molecular weight is 317 g/mol. The molecule has 1 amide bonds. The highest BCUT2D eigenvalue weighted by molar-refractivity contribution is 5.76. The molecule has 0 aromatic rings. The molecule has 1 heterocycles. The van der Waals surface area contributed by atoms with Crippen molar-refractivity contribution < 1.29 is 29.3 Å². The summed E-state index contributed by atoms with van der Waals surface area (Å²) >= 11 is 0. The quantitative estimate of drug-likeness (QED) is 0.576. The van der Waals surface area contributed by atoms with Gasteiger partial charge in [0.25, 0.3) is 0 Å². The van der Waals surface area contributed by atoms with E-state index in [0.29, 0.717) is 25.7 Å². The van der Waals surface area contributed by atoms with Crippen LogP contribution < -0.4 is 5.32 Å². The zero-order valence-corrected chi connectivity index (χ0v) is 13.4. The molecular weight excluding hydrogens is 290 g/mol. The van der Waals surface area contributed by atoms with Crippen molar-refractivity contribution in [3.8, 4) is 0 Å². The fraction of sp³-hybridized carbons (Fsp3) is 0.867. The molecule has 0 radical (unpaired) electrons. The van der Waals surface area contributed by atoms with Gasteiger partial charge >= 0.3 is 5.97 Å². The lowest BCUT2D eigenvalue weighted by atomic mass is 9.93. The molecule has 1 unspecified atom stereocenters. The zero-order valence-electron chi connectivity index (χ0n) is 13.4. The van der Waals surface area contributed by atoms with Gasteiger partial charge in [-0.1, -0.05) is 13.8 Å². The normalized spacial score (nSPS) is 31.6. The van der Waals surface area contributed by atoms with Gasteiger partial charge in [0.1, 0.15) is 24.9 Å². The highest BCUT2D eigenvalue weighted by Gasteiger charge is 2.43. The monoisotopic (exact) mass is 317 g/mol. The Balaban J connectivity index is 2.56. The van der Waals surface area contributed by atoms with Crippen molar-refractivity contribution in [2.75, 3.05) is 6.61 Å². The Kier molecular flexibility index (Phi) is 7.78. The first-order valence-corrected chi connectivity index (χ1v) is 7.87. The van der Waals surface area contributed by atoms with Crippen LogP contribution in [-0.2, 0) is 19.1 Å². The van der Waals surface area contributed by atoms with Crippen molar-refractivity contribution >= 4 is 11.9 Å². The topological polar surface area (TPSA) is 105 Å². The van der Waals surface area contributed by atoms with Crippen molar-refractivity contribution in [3.63, 3.8) is 0 Å². The van der Waals surface area contributed by atoms with Gasteiger partial charge in [0.05, 0.1) is 12.1 Å². The van der Waals surface area contributed by atoms with Gasteiger partial charge in [-0.05, 0) is 19.8 Å². The number of carbonyl (C=O) groups is 2. The maximum Gasteiger partial charge on any atom is 0.305 e. The molecule has 0 aromatic heterocycles. The summed E-state index contributed by atoms with van der Waals surface area (Å²) in [6.45, 7) is 5.33. The van der Waals surface area contributed by atoms with Crippen LogP contribution in [0.1, 0.15) is 46.5 Å². The Morgan fingerprint density at radius 3 is 2.36 bits per heavy atom. The number of aliphatic hydroxyl groups excluding tert-OH is 2. The van der Waals surface area contributed by atoms with Gasteiger partial charge in [0.2, 0.25) is 5.91 Å². The molecule has 128 valence electrons. The van der Waals surface area contributed by atoms with E-state index in [2.05, 4.69) is 5.32 Å². The van der Waals surface area contributed by atoms with E-state index >= 15 is 0 Å². The molecule has 7 heteroatoms. The predicted molar refractivity (Wildman–Crippen MR) is 79.1 cm³/mol. The summed E-state index contributed by atoms with van der Waals surface area (Å²) in [6.07, 6.45) is -1.66. The molecule has 0 bridgehead atoms. The lowest BCUT2D eigenvalue weighted by Crippen LogP contribution is -2.63. The highest BCUT2D eigenvalue weighted by Crippen LogP contribution is 2.21. The Morgan fingerprint density at radius 2 is 1.77 bits per heavy atom. The van der Waals surface area contributed by atoms with Crippen LogP contribution in [0.4, 0.5) is 0 Å². The summed E-state index contributed by atoms with van der Waals surface area (Å²) in [6, 6.07) is -0.684. The van der Waals surface area contributed by atoms with Gasteiger partial charge in [-0.3, -0.25) is 9.59 Å². The third-order valence-electron chi connectivity index (χ3n) is 3.66. The van der Waals surface area contributed by atoms with Gasteiger partial charge < -0.3 is 25.0 Å². The number of aliphatic hydroxyl groups is 2. The summed E-state index contributed by atoms with van der Waals surface area (Å²) in [7, 11) is 0. The van der Waals surface area contributed by atoms with Crippen molar-refractivity contribution in [2.24, 2.45) is 0 Å².